The number of hydrogen-bond acceptors (Lipinski definition) is 3. The van der Waals surface area contributed by atoms with Gasteiger partial charge < -0.3 is 10.5 Å². The number of halogens is 1. The number of aromatic nitrogens is 2. The third kappa shape index (κ3) is 2.70. The fourth-order valence-corrected chi connectivity index (χ4v) is 1.43. The lowest BCUT2D eigenvalue weighted by Gasteiger charge is -2.02. The monoisotopic (exact) mass is 217 g/mol. The summed E-state index contributed by atoms with van der Waals surface area (Å²) in [5, 5.41) is 4.84. The smallest absolute Gasteiger partial charge is 0.132 e. The first-order chi connectivity index (χ1) is 6.66. The van der Waals surface area contributed by atoms with Crippen LogP contribution in [0.3, 0.4) is 0 Å². The minimum Gasteiger partial charge on any atom is -0.377 e. The Balaban J connectivity index is 2.49. The lowest BCUT2D eigenvalue weighted by molar-refractivity contribution is 0.119. The molecule has 0 aromatic carbocycles. The molecule has 0 bridgehead atoms. The van der Waals surface area contributed by atoms with Crippen molar-refractivity contribution in [3.8, 4) is 0 Å². The molecule has 0 radical (unpaired) electrons. The topological polar surface area (TPSA) is 53.1 Å². The van der Waals surface area contributed by atoms with Gasteiger partial charge in [0.25, 0.3) is 0 Å². The first-order valence-corrected chi connectivity index (χ1v) is 5.00. The third-order valence-electron chi connectivity index (χ3n) is 2.01. The molecule has 80 valence electrons. The van der Waals surface area contributed by atoms with Crippen LogP contribution in [0.25, 0.3) is 0 Å². The number of ether oxygens (including phenoxy) is 1. The molecule has 0 saturated carbocycles. The molecule has 5 heteroatoms. The van der Waals surface area contributed by atoms with Crippen molar-refractivity contribution in [2.24, 2.45) is 12.8 Å². The largest absolute Gasteiger partial charge is 0.377 e. The molecule has 0 aliphatic carbocycles. The van der Waals surface area contributed by atoms with E-state index in [1.165, 1.54) is 0 Å². The first-order valence-electron chi connectivity index (χ1n) is 4.62. The summed E-state index contributed by atoms with van der Waals surface area (Å²) >= 11 is 6.02. The number of aryl methyl sites for hydroxylation is 2. The van der Waals surface area contributed by atoms with E-state index in [0.29, 0.717) is 24.9 Å². The Labute approximate surface area is 89.0 Å². The van der Waals surface area contributed by atoms with Gasteiger partial charge in [-0.2, -0.15) is 5.10 Å². The summed E-state index contributed by atoms with van der Waals surface area (Å²) in [6.45, 7) is 3.76. The highest BCUT2D eigenvalue weighted by molar-refractivity contribution is 6.30. The van der Waals surface area contributed by atoms with Gasteiger partial charge in [-0.25, -0.2) is 0 Å². The third-order valence-corrected chi connectivity index (χ3v) is 2.48. The minimum atomic E-state index is 0.512. The van der Waals surface area contributed by atoms with Crippen molar-refractivity contribution in [2.45, 2.75) is 20.0 Å². The van der Waals surface area contributed by atoms with Crippen molar-refractivity contribution in [2.75, 3.05) is 13.2 Å². The van der Waals surface area contributed by atoms with E-state index in [9.17, 15) is 0 Å². The molecule has 0 unspecified atom stereocenters. The van der Waals surface area contributed by atoms with E-state index in [1.807, 2.05) is 14.0 Å². The van der Waals surface area contributed by atoms with Crippen LogP contribution in [-0.4, -0.2) is 22.9 Å². The van der Waals surface area contributed by atoms with Gasteiger partial charge in [-0.05, 0) is 19.9 Å². The number of nitrogens with two attached hydrogens (primary N) is 1. The SMILES string of the molecule is Cc1nn(C)c(Cl)c1COCCCN. The molecule has 0 aliphatic heterocycles. The molecule has 1 heterocycles. The van der Waals surface area contributed by atoms with Crippen molar-refractivity contribution in [1.82, 2.24) is 9.78 Å². The van der Waals surface area contributed by atoms with Gasteiger partial charge in [0.2, 0.25) is 0 Å². The Kier molecular flexibility index (Phi) is 4.38. The maximum atomic E-state index is 6.02. The van der Waals surface area contributed by atoms with Crippen LogP contribution in [0.5, 0.6) is 0 Å². The van der Waals surface area contributed by atoms with Crippen LogP contribution in [0.4, 0.5) is 0 Å². The molecule has 0 atom stereocenters. The van der Waals surface area contributed by atoms with Gasteiger partial charge in [0, 0.05) is 19.2 Å². The highest BCUT2D eigenvalue weighted by Crippen LogP contribution is 2.19. The molecule has 0 saturated heterocycles. The molecule has 2 N–H and O–H groups in total. The van der Waals surface area contributed by atoms with Gasteiger partial charge in [0.1, 0.15) is 5.15 Å². The maximum Gasteiger partial charge on any atom is 0.132 e. The fraction of sp³-hybridized carbons (Fsp3) is 0.667. The number of hydrogen-bond donors (Lipinski definition) is 1. The predicted octanol–water partition coefficient (Wildman–Crippen LogP) is 1.25. The second-order valence-electron chi connectivity index (χ2n) is 3.17. The molecular weight excluding hydrogens is 202 g/mol. The molecule has 1 aromatic heterocycles. The number of nitrogens with zero attached hydrogens (tertiary/aromatic N) is 2. The van der Waals surface area contributed by atoms with E-state index in [4.69, 9.17) is 22.1 Å². The van der Waals surface area contributed by atoms with Crippen LogP contribution >= 0.6 is 11.6 Å². The average Bonchev–Trinajstić information content (AvgIpc) is 2.38. The molecule has 0 amide bonds. The molecule has 0 fully saturated rings. The summed E-state index contributed by atoms with van der Waals surface area (Å²) in [5.41, 5.74) is 7.23. The Morgan fingerprint density at radius 1 is 1.57 bits per heavy atom. The van der Waals surface area contributed by atoms with Gasteiger partial charge >= 0.3 is 0 Å². The van der Waals surface area contributed by atoms with E-state index >= 15 is 0 Å². The normalized spacial score (nSPS) is 10.9. The summed E-state index contributed by atoms with van der Waals surface area (Å²) in [6, 6.07) is 0. The van der Waals surface area contributed by atoms with Crippen molar-refractivity contribution in [1.29, 1.82) is 0 Å². The van der Waals surface area contributed by atoms with Crippen LogP contribution in [0, 0.1) is 6.92 Å². The predicted molar refractivity (Wildman–Crippen MR) is 56.3 cm³/mol. The lowest BCUT2D eigenvalue weighted by Crippen LogP contribution is -2.04. The molecule has 14 heavy (non-hydrogen) atoms. The Morgan fingerprint density at radius 3 is 2.79 bits per heavy atom. The van der Waals surface area contributed by atoms with E-state index in [1.54, 1.807) is 4.68 Å². The van der Waals surface area contributed by atoms with Gasteiger partial charge in [-0.15, -0.1) is 0 Å². The van der Waals surface area contributed by atoms with E-state index < -0.39 is 0 Å². The van der Waals surface area contributed by atoms with Crippen LogP contribution in [0.15, 0.2) is 0 Å². The molecule has 0 aliphatic rings. The van der Waals surface area contributed by atoms with Crippen LogP contribution in [-0.2, 0) is 18.4 Å². The van der Waals surface area contributed by atoms with Gasteiger partial charge in [0.05, 0.1) is 12.3 Å². The maximum absolute atomic E-state index is 6.02. The zero-order valence-corrected chi connectivity index (χ0v) is 9.34. The summed E-state index contributed by atoms with van der Waals surface area (Å²) in [5.74, 6) is 0. The van der Waals surface area contributed by atoms with Crippen molar-refractivity contribution in [3.05, 3.63) is 16.4 Å². The quantitative estimate of drug-likeness (QED) is 0.756. The Morgan fingerprint density at radius 2 is 2.29 bits per heavy atom. The Bertz CT molecular complexity index is 298. The second-order valence-corrected chi connectivity index (χ2v) is 3.53. The molecular formula is C9H16ClN3O. The second kappa shape index (κ2) is 5.34. The molecule has 1 aromatic rings. The van der Waals surface area contributed by atoms with Crippen LogP contribution in [0.2, 0.25) is 5.15 Å². The van der Waals surface area contributed by atoms with E-state index in [0.717, 1.165) is 17.7 Å². The minimum absolute atomic E-state index is 0.512. The van der Waals surface area contributed by atoms with Gasteiger partial charge in [-0.1, -0.05) is 11.6 Å². The van der Waals surface area contributed by atoms with E-state index in [-0.39, 0.29) is 0 Å². The highest BCUT2D eigenvalue weighted by atomic mass is 35.5. The standard InChI is InChI=1S/C9H16ClN3O/c1-7-8(6-14-5-3-4-11)9(10)13(2)12-7/h3-6,11H2,1-2H3. The van der Waals surface area contributed by atoms with Crippen LogP contribution in [0.1, 0.15) is 17.7 Å². The molecule has 0 spiro atoms. The van der Waals surface area contributed by atoms with E-state index in [2.05, 4.69) is 5.10 Å². The molecule has 1 rings (SSSR count). The highest BCUT2D eigenvalue weighted by Gasteiger charge is 2.10. The summed E-state index contributed by atoms with van der Waals surface area (Å²) in [7, 11) is 1.82. The summed E-state index contributed by atoms with van der Waals surface area (Å²) in [6.07, 6.45) is 0.872. The summed E-state index contributed by atoms with van der Waals surface area (Å²) < 4.78 is 7.07. The van der Waals surface area contributed by atoms with Crippen molar-refractivity contribution in [3.63, 3.8) is 0 Å². The first kappa shape index (κ1) is 11.5. The molecule has 4 nitrogen and oxygen atoms in total. The zero-order valence-electron chi connectivity index (χ0n) is 8.59. The zero-order chi connectivity index (χ0) is 10.6. The fourth-order valence-electron chi connectivity index (χ4n) is 1.20. The average molecular weight is 218 g/mol. The lowest BCUT2D eigenvalue weighted by atomic mass is 10.3. The number of rotatable bonds is 5. The van der Waals surface area contributed by atoms with Gasteiger partial charge in [0.15, 0.2) is 0 Å². The van der Waals surface area contributed by atoms with Gasteiger partial charge in [-0.3, -0.25) is 4.68 Å². The summed E-state index contributed by atoms with van der Waals surface area (Å²) in [4.78, 5) is 0. The Hall–Kier alpha value is -0.580. The van der Waals surface area contributed by atoms with Crippen molar-refractivity contribution >= 4 is 11.6 Å². The van der Waals surface area contributed by atoms with Crippen molar-refractivity contribution < 1.29 is 4.74 Å². The van der Waals surface area contributed by atoms with Crippen LogP contribution < -0.4 is 5.73 Å².